The highest BCUT2D eigenvalue weighted by molar-refractivity contribution is 6.21. The predicted octanol–water partition coefficient (Wildman–Crippen LogP) is 1.77. The fourth-order valence-electron chi connectivity index (χ4n) is 1.31. The minimum atomic E-state index is -0.254. The van der Waals surface area contributed by atoms with Crippen LogP contribution in [-0.4, -0.2) is 16.6 Å². The quantitative estimate of drug-likeness (QED) is 0.520. The number of aliphatic hydroxyl groups excluding tert-OH is 1. The summed E-state index contributed by atoms with van der Waals surface area (Å²) in [5.74, 6) is 0.662. The Hall–Kier alpha value is 0.250. The zero-order valence-electron chi connectivity index (χ0n) is 5.68. The third-order valence-corrected chi connectivity index (χ3v) is 2.51. The molecule has 0 aromatic heterocycles. The fraction of sp³-hybridized carbons (Fsp3) is 1.00. The highest BCUT2D eigenvalue weighted by Gasteiger charge is 2.24. The number of aliphatic hydroxyl groups is 1. The van der Waals surface area contributed by atoms with Crippen molar-refractivity contribution < 1.29 is 5.11 Å². The van der Waals surface area contributed by atoms with Crippen molar-refractivity contribution in [1.82, 2.24) is 0 Å². The Morgan fingerprint density at radius 3 is 2.56 bits per heavy atom. The van der Waals surface area contributed by atoms with Crippen molar-refractivity contribution in [2.24, 2.45) is 5.92 Å². The van der Waals surface area contributed by atoms with Gasteiger partial charge >= 0.3 is 0 Å². The fourth-order valence-corrected chi connectivity index (χ4v) is 1.54. The third-order valence-electron chi connectivity index (χ3n) is 2.00. The summed E-state index contributed by atoms with van der Waals surface area (Å²) in [4.78, 5) is 0. The Labute approximate surface area is 61.0 Å². The van der Waals surface area contributed by atoms with E-state index in [0.717, 1.165) is 12.8 Å². The minimum absolute atomic E-state index is 0.0150. The second-order valence-electron chi connectivity index (χ2n) is 3.00. The first-order valence-corrected chi connectivity index (χ1v) is 3.96. The minimum Gasteiger partial charge on any atom is -0.392 e. The van der Waals surface area contributed by atoms with Crippen molar-refractivity contribution in [3.8, 4) is 0 Å². The molecule has 1 aliphatic rings. The predicted molar refractivity (Wildman–Crippen MR) is 38.7 cm³/mol. The van der Waals surface area contributed by atoms with E-state index in [0.29, 0.717) is 5.92 Å². The van der Waals surface area contributed by atoms with Gasteiger partial charge in [-0.1, -0.05) is 6.92 Å². The maximum Gasteiger partial charge on any atom is 0.0706 e. The number of hydrogen-bond donors (Lipinski definition) is 1. The maximum atomic E-state index is 9.22. The highest BCUT2D eigenvalue weighted by Crippen LogP contribution is 2.27. The molecular formula is C7H13ClO. The average Bonchev–Trinajstić information content (AvgIpc) is 1.80. The van der Waals surface area contributed by atoms with Gasteiger partial charge in [0.05, 0.1) is 11.5 Å². The Kier molecular flexibility index (Phi) is 2.36. The van der Waals surface area contributed by atoms with Gasteiger partial charge in [0.25, 0.3) is 0 Å². The molecule has 1 nitrogen and oxygen atoms in total. The van der Waals surface area contributed by atoms with Gasteiger partial charge in [0.1, 0.15) is 0 Å². The lowest BCUT2D eigenvalue weighted by Gasteiger charge is -2.26. The molecule has 1 aliphatic carbocycles. The molecule has 1 N–H and O–H groups in total. The van der Waals surface area contributed by atoms with Crippen LogP contribution in [0, 0.1) is 5.92 Å². The molecule has 0 bridgehead atoms. The van der Waals surface area contributed by atoms with E-state index >= 15 is 0 Å². The molecule has 3 atom stereocenters. The molecule has 1 rings (SSSR count). The first-order chi connectivity index (χ1) is 4.20. The summed E-state index contributed by atoms with van der Waals surface area (Å²) in [7, 11) is 0. The lowest BCUT2D eigenvalue weighted by Crippen LogP contribution is -2.28. The zero-order chi connectivity index (χ0) is 6.85. The van der Waals surface area contributed by atoms with Crippen molar-refractivity contribution in [3.63, 3.8) is 0 Å². The molecule has 1 unspecified atom stereocenters. The number of rotatable bonds is 0. The molecule has 1 fully saturated rings. The Morgan fingerprint density at radius 2 is 2.11 bits per heavy atom. The molecule has 0 saturated heterocycles. The normalized spacial score (nSPS) is 45.0. The van der Waals surface area contributed by atoms with Crippen LogP contribution in [0.15, 0.2) is 0 Å². The van der Waals surface area contributed by atoms with Crippen LogP contribution >= 0.6 is 11.6 Å². The standard InChI is InChI=1S/C7H13ClO/c1-5-2-3-6(8)7(9)4-5/h5-7,9H,2-4H2,1H3/t5-,6?,7-/m1/s1. The van der Waals surface area contributed by atoms with Crippen molar-refractivity contribution >= 4 is 11.6 Å². The first-order valence-electron chi connectivity index (χ1n) is 3.52. The van der Waals surface area contributed by atoms with Crippen molar-refractivity contribution in [1.29, 1.82) is 0 Å². The van der Waals surface area contributed by atoms with Gasteiger partial charge in [0.2, 0.25) is 0 Å². The van der Waals surface area contributed by atoms with Crippen LogP contribution in [0.25, 0.3) is 0 Å². The lowest BCUT2D eigenvalue weighted by atomic mass is 9.88. The molecule has 0 amide bonds. The van der Waals surface area contributed by atoms with Gasteiger partial charge in [-0.05, 0) is 25.2 Å². The summed E-state index contributed by atoms with van der Waals surface area (Å²) in [5.41, 5.74) is 0. The summed E-state index contributed by atoms with van der Waals surface area (Å²) >= 11 is 5.78. The smallest absolute Gasteiger partial charge is 0.0706 e. The number of hydrogen-bond acceptors (Lipinski definition) is 1. The van der Waals surface area contributed by atoms with Crippen LogP contribution in [0.5, 0.6) is 0 Å². The largest absolute Gasteiger partial charge is 0.392 e. The molecule has 0 aromatic rings. The SMILES string of the molecule is C[C@@H]1CCC(Cl)[C@H](O)C1. The number of halogens is 1. The molecule has 0 spiro atoms. The van der Waals surface area contributed by atoms with E-state index in [1.54, 1.807) is 0 Å². The van der Waals surface area contributed by atoms with Gasteiger partial charge in [-0.3, -0.25) is 0 Å². The van der Waals surface area contributed by atoms with Crippen LogP contribution in [0.4, 0.5) is 0 Å². The zero-order valence-corrected chi connectivity index (χ0v) is 6.43. The molecule has 0 heterocycles. The Balaban J connectivity index is 2.35. The Morgan fingerprint density at radius 1 is 1.44 bits per heavy atom. The maximum absolute atomic E-state index is 9.22. The van der Waals surface area contributed by atoms with E-state index in [4.69, 9.17) is 11.6 Å². The van der Waals surface area contributed by atoms with E-state index in [9.17, 15) is 5.11 Å². The van der Waals surface area contributed by atoms with Crippen LogP contribution in [0.1, 0.15) is 26.2 Å². The molecule has 0 radical (unpaired) electrons. The first kappa shape index (κ1) is 7.36. The molecule has 0 aliphatic heterocycles. The third kappa shape index (κ3) is 1.84. The van der Waals surface area contributed by atoms with E-state index in [1.165, 1.54) is 6.42 Å². The summed E-state index contributed by atoms with van der Waals surface area (Å²) in [6.07, 6.45) is 2.78. The van der Waals surface area contributed by atoms with Crippen LogP contribution < -0.4 is 0 Å². The van der Waals surface area contributed by atoms with Crippen LogP contribution in [0.2, 0.25) is 0 Å². The van der Waals surface area contributed by atoms with Crippen molar-refractivity contribution in [2.45, 2.75) is 37.7 Å². The number of alkyl halides is 1. The second kappa shape index (κ2) is 2.89. The van der Waals surface area contributed by atoms with Gasteiger partial charge in [-0.25, -0.2) is 0 Å². The molecule has 1 saturated carbocycles. The molecule has 9 heavy (non-hydrogen) atoms. The highest BCUT2D eigenvalue weighted by atomic mass is 35.5. The van der Waals surface area contributed by atoms with Gasteiger partial charge in [0.15, 0.2) is 0 Å². The van der Waals surface area contributed by atoms with E-state index in [2.05, 4.69) is 6.92 Å². The van der Waals surface area contributed by atoms with Crippen LogP contribution in [0.3, 0.4) is 0 Å². The topological polar surface area (TPSA) is 20.2 Å². The molecular weight excluding hydrogens is 136 g/mol. The lowest BCUT2D eigenvalue weighted by molar-refractivity contribution is 0.110. The second-order valence-corrected chi connectivity index (χ2v) is 3.56. The molecule has 0 aromatic carbocycles. The molecule has 54 valence electrons. The van der Waals surface area contributed by atoms with E-state index in [1.807, 2.05) is 0 Å². The van der Waals surface area contributed by atoms with Gasteiger partial charge in [-0.15, -0.1) is 11.6 Å². The average molecular weight is 149 g/mol. The van der Waals surface area contributed by atoms with E-state index in [-0.39, 0.29) is 11.5 Å². The summed E-state index contributed by atoms with van der Waals surface area (Å²) < 4.78 is 0. The summed E-state index contributed by atoms with van der Waals surface area (Å²) in [6, 6.07) is 0. The van der Waals surface area contributed by atoms with Crippen LogP contribution in [-0.2, 0) is 0 Å². The monoisotopic (exact) mass is 148 g/mol. The molecule has 2 heteroatoms. The Bertz CT molecular complexity index is 94.9. The summed E-state index contributed by atoms with van der Waals surface area (Å²) in [5, 5.41) is 9.23. The summed E-state index contributed by atoms with van der Waals surface area (Å²) in [6.45, 7) is 2.16. The van der Waals surface area contributed by atoms with E-state index < -0.39 is 0 Å². The van der Waals surface area contributed by atoms with Crippen molar-refractivity contribution in [3.05, 3.63) is 0 Å². The van der Waals surface area contributed by atoms with Gasteiger partial charge in [0, 0.05) is 0 Å². The van der Waals surface area contributed by atoms with Gasteiger partial charge in [-0.2, -0.15) is 0 Å². The van der Waals surface area contributed by atoms with Gasteiger partial charge < -0.3 is 5.11 Å². The van der Waals surface area contributed by atoms with Crippen molar-refractivity contribution in [2.75, 3.05) is 0 Å².